The number of nitrogens with two attached hydrogens (primary N) is 1. The third kappa shape index (κ3) is 0.958. The summed E-state index contributed by atoms with van der Waals surface area (Å²) in [6.07, 6.45) is 0. The molecule has 0 spiro atoms. The molecule has 2 N–H and O–H groups in total. The second-order valence-electron chi connectivity index (χ2n) is 3.01. The largest absolute Gasteiger partial charge is 0.447 e. The highest BCUT2D eigenvalue weighted by atomic mass is 16.2. The molecule has 5 nitrogen and oxygen atoms in total. The molecule has 0 saturated carbocycles. The molecule has 0 aliphatic carbocycles. The number of rotatable bonds is 1. The molecule has 0 aromatic heterocycles. The summed E-state index contributed by atoms with van der Waals surface area (Å²) in [5, 5.41) is 7.78. The lowest BCUT2D eigenvalue weighted by molar-refractivity contribution is 0.214. The first-order valence-electron chi connectivity index (χ1n) is 4.21. The number of hydrogen-bond donors (Lipinski definition) is 1. The first kappa shape index (κ1) is 8.83. The zero-order valence-corrected chi connectivity index (χ0v) is 7.55. The van der Waals surface area contributed by atoms with Crippen molar-refractivity contribution in [2.75, 3.05) is 6.54 Å². The van der Waals surface area contributed by atoms with Crippen molar-refractivity contribution in [2.45, 2.75) is 0 Å². The highest BCUT2D eigenvalue weighted by Crippen LogP contribution is 2.39. The number of nitrogens with zero attached hydrogens (tertiary/aromatic N) is 3. The van der Waals surface area contributed by atoms with Crippen LogP contribution in [0.5, 0.6) is 0 Å². The minimum Gasteiger partial charge on any atom is -0.316 e. The second-order valence-corrected chi connectivity index (χ2v) is 3.01. The number of para-hydroxylation sites is 1. The third-order valence-corrected chi connectivity index (χ3v) is 2.27. The maximum Gasteiger partial charge on any atom is 0.447 e. The molecule has 71 valence electrons. The average molecular weight is 190 g/mol. The first-order chi connectivity index (χ1) is 6.70. The summed E-state index contributed by atoms with van der Waals surface area (Å²) in [5.74, 6) is 0. The van der Waals surface area contributed by atoms with E-state index in [2.05, 4.69) is 17.3 Å². The van der Waals surface area contributed by atoms with Crippen LogP contribution in [0.1, 0.15) is 0 Å². The standard InChI is InChI=1S/C9H9N4O/c1-2-13(9(10)14)8-6-4-3-5-7(8)11-12-13/h3-6H,1-2H2,(H-,10,14)/p+1. The monoisotopic (exact) mass is 190 g/mol. The van der Waals surface area contributed by atoms with Crippen LogP contribution in [0.15, 0.2) is 34.6 Å². The van der Waals surface area contributed by atoms with Gasteiger partial charge < -0.3 is 5.73 Å². The number of quaternary nitrogens is 1. The number of carbonyl (C=O) groups excluding carboxylic acids is 1. The van der Waals surface area contributed by atoms with Crippen LogP contribution in [0.2, 0.25) is 0 Å². The van der Waals surface area contributed by atoms with E-state index in [0.717, 1.165) is 0 Å². The molecule has 1 atom stereocenters. The van der Waals surface area contributed by atoms with E-state index in [1.165, 1.54) is 0 Å². The first-order valence-corrected chi connectivity index (χ1v) is 4.21. The molecule has 1 aliphatic rings. The molecular formula is C9H10N4O+. The number of primary amides is 1. The van der Waals surface area contributed by atoms with Crippen LogP contribution in [-0.4, -0.2) is 12.6 Å². The van der Waals surface area contributed by atoms with Gasteiger partial charge in [-0.05, 0) is 6.07 Å². The van der Waals surface area contributed by atoms with Crippen molar-refractivity contribution in [2.24, 2.45) is 16.1 Å². The lowest BCUT2D eigenvalue weighted by Gasteiger charge is -2.19. The Bertz CT molecular complexity index is 415. The molecule has 0 saturated heterocycles. The fraction of sp³-hybridized carbons (Fsp3) is 0.111. The van der Waals surface area contributed by atoms with E-state index in [4.69, 9.17) is 5.73 Å². The Kier molecular flexibility index (Phi) is 1.82. The number of fused-ring (bicyclic) bond motifs is 1. The molecule has 2 rings (SSSR count). The van der Waals surface area contributed by atoms with Crippen LogP contribution in [-0.2, 0) is 0 Å². The van der Waals surface area contributed by atoms with Gasteiger partial charge in [0.1, 0.15) is 6.54 Å². The van der Waals surface area contributed by atoms with Gasteiger partial charge in [-0.1, -0.05) is 21.8 Å². The van der Waals surface area contributed by atoms with Crippen molar-refractivity contribution in [3.05, 3.63) is 31.2 Å². The topological polar surface area (TPSA) is 67.8 Å². The molecule has 2 amide bonds. The van der Waals surface area contributed by atoms with Crippen LogP contribution < -0.4 is 10.3 Å². The van der Waals surface area contributed by atoms with Gasteiger partial charge in [-0.2, -0.15) is 0 Å². The molecule has 5 heteroatoms. The van der Waals surface area contributed by atoms with E-state index >= 15 is 0 Å². The van der Waals surface area contributed by atoms with E-state index in [1.807, 2.05) is 12.1 Å². The predicted molar refractivity (Wildman–Crippen MR) is 52.6 cm³/mol. The Morgan fingerprint density at radius 3 is 2.86 bits per heavy atom. The number of benzene rings is 1. The zero-order valence-electron chi connectivity index (χ0n) is 7.55. The quantitative estimate of drug-likeness (QED) is 0.675. The van der Waals surface area contributed by atoms with Crippen molar-refractivity contribution in [1.29, 1.82) is 0 Å². The van der Waals surface area contributed by atoms with Crippen LogP contribution in [0.4, 0.5) is 16.2 Å². The molecule has 0 fully saturated rings. The van der Waals surface area contributed by atoms with Crippen molar-refractivity contribution < 1.29 is 4.79 Å². The molecule has 1 heterocycles. The number of carbonyl (C=O) groups is 1. The van der Waals surface area contributed by atoms with Gasteiger partial charge in [-0.15, -0.1) is 0 Å². The normalized spacial score (nSPS) is 23.5. The molecule has 1 radical (unpaired) electrons. The lowest BCUT2D eigenvalue weighted by Crippen LogP contribution is -2.51. The van der Waals surface area contributed by atoms with Gasteiger partial charge in [0.25, 0.3) is 0 Å². The summed E-state index contributed by atoms with van der Waals surface area (Å²) in [7, 11) is 0. The van der Waals surface area contributed by atoms with Gasteiger partial charge in [-0.25, -0.2) is 4.79 Å². The molecule has 1 aromatic rings. The van der Waals surface area contributed by atoms with Crippen molar-refractivity contribution in [1.82, 2.24) is 4.59 Å². The van der Waals surface area contributed by atoms with Crippen LogP contribution >= 0.6 is 0 Å². The average Bonchev–Trinajstić information content (AvgIpc) is 2.57. The Labute approximate surface area is 81.4 Å². The lowest BCUT2D eigenvalue weighted by atomic mass is 10.2. The summed E-state index contributed by atoms with van der Waals surface area (Å²) < 4.78 is -0.337. The Balaban J connectivity index is 2.61. The fourth-order valence-electron chi connectivity index (χ4n) is 1.47. The van der Waals surface area contributed by atoms with Crippen molar-refractivity contribution >= 4 is 17.4 Å². The van der Waals surface area contributed by atoms with Crippen molar-refractivity contribution in [3.8, 4) is 0 Å². The molecule has 14 heavy (non-hydrogen) atoms. The Morgan fingerprint density at radius 1 is 1.50 bits per heavy atom. The molecule has 1 unspecified atom stereocenters. The maximum atomic E-state index is 11.3. The molecule has 0 bridgehead atoms. The number of amides is 2. The number of hydrogen-bond acceptors (Lipinski definition) is 3. The van der Waals surface area contributed by atoms with E-state index in [0.29, 0.717) is 11.4 Å². The SMILES string of the molecule is [CH2]C[N+]1(C(N)=O)N=Nc2ccccc21. The smallest absolute Gasteiger partial charge is 0.316 e. The highest BCUT2D eigenvalue weighted by molar-refractivity contribution is 5.89. The summed E-state index contributed by atoms with van der Waals surface area (Å²) in [6.45, 7) is 3.91. The van der Waals surface area contributed by atoms with Gasteiger partial charge in [0.2, 0.25) is 0 Å². The minimum atomic E-state index is -0.561. The maximum absolute atomic E-state index is 11.3. The highest BCUT2D eigenvalue weighted by Gasteiger charge is 2.43. The van der Waals surface area contributed by atoms with E-state index < -0.39 is 6.03 Å². The summed E-state index contributed by atoms with van der Waals surface area (Å²) in [5.41, 5.74) is 6.66. The molecule has 1 aliphatic heterocycles. The van der Waals surface area contributed by atoms with E-state index in [-0.39, 0.29) is 11.1 Å². The van der Waals surface area contributed by atoms with Gasteiger partial charge in [0, 0.05) is 18.2 Å². The number of urea groups is 1. The van der Waals surface area contributed by atoms with Gasteiger partial charge in [-0.3, -0.25) is 0 Å². The van der Waals surface area contributed by atoms with E-state index in [1.54, 1.807) is 12.1 Å². The summed E-state index contributed by atoms with van der Waals surface area (Å²) >= 11 is 0. The summed E-state index contributed by atoms with van der Waals surface area (Å²) in [4.78, 5) is 11.3. The van der Waals surface area contributed by atoms with Crippen LogP contribution in [0.3, 0.4) is 0 Å². The van der Waals surface area contributed by atoms with Gasteiger partial charge in [0.15, 0.2) is 11.4 Å². The second kappa shape index (κ2) is 2.88. The Hall–Kier alpha value is -1.75. The Morgan fingerprint density at radius 2 is 2.21 bits per heavy atom. The van der Waals surface area contributed by atoms with Crippen LogP contribution in [0, 0.1) is 6.92 Å². The summed E-state index contributed by atoms with van der Waals surface area (Å²) in [6, 6.07) is 6.67. The predicted octanol–water partition coefficient (Wildman–Crippen LogP) is 1.92. The third-order valence-electron chi connectivity index (χ3n) is 2.27. The fourth-order valence-corrected chi connectivity index (χ4v) is 1.47. The van der Waals surface area contributed by atoms with Crippen molar-refractivity contribution in [3.63, 3.8) is 0 Å². The molecule has 1 aromatic carbocycles. The minimum absolute atomic E-state index is 0.232. The van der Waals surface area contributed by atoms with E-state index in [9.17, 15) is 4.79 Å². The van der Waals surface area contributed by atoms with Gasteiger partial charge in [0.05, 0.1) is 0 Å². The molecular weight excluding hydrogens is 180 g/mol. The van der Waals surface area contributed by atoms with Crippen LogP contribution in [0.25, 0.3) is 0 Å². The van der Waals surface area contributed by atoms with Gasteiger partial charge >= 0.3 is 6.03 Å². The zero-order chi connectivity index (χ0) is 10.2.